The van der Waals surface area contributed by atoms with Crippen molar-refractivity contribution in [3.05, 3.63) is 28.8 Å². The number of aryl methyl sites for hydroxylation is 2. The van der Waals surface area contributed by atoms with Crippen molar-refractivity contribution in [2.75, 3.05) is 27.4 Å². The second-order valence-electron chi connectivity index (χ2n) is 4.35. The van der Waals surface area contributed by atoms with Crippen LogP contribution in [0.25, 0.3) is 0 Å². The highest BCUT2D eigenvalue weighted by Gasteiger charge is 2.43. The van der Waals surface area contributed by atoms with Crippen LogP contribution in [0.1, 0.15) is 16.7 Å². The Morgan fingerprint density at radius 1 is 1.19 bits per heavy atom. The van der Waals surface area contributed by atoms with Crippen LogP contribution >= 0.6 is 0 Å². The molecule has 1 fully saturated rings. The normalized spacial score (nSPS) is 18.0. The fraction of sp³-hybridized carbons (Fsp3) is 0.538. The first-order chi connectivity index (χ1) is 7.63. The summed E-state index contributed by atoms with van der Waals surface area (Å²) in [6, 6.07) is 4.24. The van der Waals surface area contributed by atoms with Crippen LogP contribution in [-0.2, 0) is 15.1 Å². The van der Waals surface area contributed by atoms with Crippen LogP contribution in [-0.4, -0.2) is 27.4 Å². The standard InChI is InChI=1S/C13H18O3/c1-9-5-10(2)12(14-3)11(6-9)13(15-4)7-16-8-13/h5-6H,7-8H2,1-4H3. The van der Waals surface area contributed by atoms with Crippen molar-refractivity contribution in [1.82, 2.24) is 0 Å². The third-order valence-electron chi connectivity index (χ3n) is 3.18. The second kappa shape index (κ2) is 4.07. The van der Waals surface area contributed by atoms with E-state index in [1.165, 1.54) is 5.56 Å². The van der Waals surface area contributed by atoms with Gasteiger partial charge >= 0.3 is 0 Å². The summed E-state index contributed by atoms with van der Waals surface area (Å²) in [5, 5.41) is 0. The Morgan fingerprint density at radius 2 is 1.88 bits per heavy atom. The molecular weight excluding hydrogens is 204 g/mol. The van der Waals surface area contributed by atoms with E-state index in [0.29, 0.717) is 13.2 Å². The summed E-state index contributed by atoms with van der Waals surface area (Å²) >= 11 is 0. The van der Waals surface area contributed by atoms with Crippen LogP contribution in [0.15, 0.2) is 12.1 Å². The molecule has 16 heavy (non-hydrogen) atoms. The van der Waals surface area contributed by atoms with Crippen molar-refractivity contribution in [3.63, 3.8) is 0 Å². The quantitative estimate of drug-likeness (QED) is 0.784. The van der Waals surface area contributed by atoms with Gasteiger partial charge in [0.15, 0.2) is 0 Å². The highest BCUT2D eigenvalue weighted by atomic mass is 16.6. The molecule has 0 radical (unpaired) electrons. The van der Waals surface area contributed by atoms with Crippen LogP contribution in [0.2, 0.25) is 0 Å². The Morgan fingerprint density at radius 3 is 2.31 bits per heavy atom. The molecule has 0 aromatic heterocycles. The Kier molecular flexibility index (Phi) is 2.91. The van der Waals surface area contributed by atoms with E-state index in [-0.39, 0.29) is 5.60 Å². The molecule has 0 unspecified atom stereocenters. The Balaban J connectivity index is 2.53. The maximum absolute atomic E-state index is 5.61. The molecule has 0 bridgehead atoms. The van der Waals surface area contributed by atoms with E-state index in [1.54, 1.807) is 14.2 Å². The molecule has 0 atom stereocenters. The molecule has 0 N–H and O–H groups in total. The summed E-state index contributed by atoms with van der Waals surface area (Å²) in [6.07, 6.45) is 0. The molecule has 0 spiro atoms. The van der Waals surface area contributed by atoms with Crippen molar-refractivity contribution in [3.8, 4) is 5.75 Å². The Bertz CT molecular complexity index is 389. The van der Waals surface area contributed by atoms with Crippen molar-refractivity contribution in [1.29, 1.82) is 0 Å². The molecule has 3 nitrogen and oxygen atoms in total. The number of benzene rings is 1. The monoisotopic (exact) mass is 222 g/mol. The van der Waals surface area contributed by atoms with E-state index in [2.05, 4.69) is 26.0 Å². The van der Waals surface area contributed by atoms with E-state index < -0.39 is 0 Å². The third-order valence-corrected chi connectivity index (χ3v) is 3.18. The van der Waals surface area contributed by atoms with E-state index in [0.717, 1.165) is 16.9 Å². The maximum Gasteiger partial charge on any atom is 0.143 e. The average Bonchev–Trinajstić information content (AvgIpc) is 2.16. The molecular formula is C13H18O3. The van der Waals surface area contributed by atoms with E-state index >= 15 is 0 Å². The number of ether oxygens (including phenoxy) is 3. The van der Waals surface area contributed by atoms with Gasteiger partial charge in [0, 0.05) is 12.7 Å². The zero-order valence-corrected chi connectivity index (χ0v) is 10.3. The van der Waals surface area contributed by atoms with E-state index in [1.807, 2.05) is 0 Å². The number of methoxy groups -OCH3 is 2. The van der Waals surface area contributed by atoms with Crippen molar-refractivity contribution >= 4 is 0 Å². The fourth-order valence-corrected chi connectivity index (χ4v) is 2.23. The molecule has 1 aliphatic heterocycles. The lowest BCUT2D eigenvalue weighted by molar-refractivity contribution is -0.203. The summed E-state index contributed by atoms with van der Waals surface area (Å²) in [5.74, 6) is 0.913. The minimum absolute atomic E-state index is 0.317. The average molecular weight is 222 g/mol. The molecule has 2 rings (SSSR count). The first-order valence-electron chi connectivity index (χ1n) is 5.41. The van der Waals surface area contributed by atoms with Gasteiger partial charge in [-0.2, -0.15) is 0 Å². The van der Waals surface area contributed by atoms with Gasteiger partial charge in [-0.05, 0) is 25.5 Å². The number of hydrogen-bond donors (Lipinski definition) is 0. The lowest BCUT2D eigenvalue weighted by Gasteiger charge is -2.41. The van der Waals surface area contributed by atoms with Gasteiger partial charge in [0.05, 0.1) is 20.3 Å². The van der Waals surface area contributed by atoms with Crippen LogP contribution < -0.4 is 4.74 Å². The lowest BCUT2D eigenvalue weighted by atomic mass is 9.88. The molecule has 1 aromatic carbocycles. The lowest BCUT2D eigenvalue weighted by Crippen LogP contribution is -2.48. The van der Waals surface area contributed by atoms with Gasteiger partial charge in [0.1, 0.15) is 11.4 Å². The molecule has 1 saturated heterocycles. The molecule has 0 aliphatic carbocycles. The minimum atomic E-state index is -0.317. The van der Waals surface area contributed by atoms with Gasteiger partial charge in [0.2, 0.25) is 0 Å². The van der Waals surface area contributed by atoms with Crippen molar-refractivity contribution < 1.29 is 14.2 Å². The molecule has 1 aliphatic rings. The molecule has 3 heteroatoms. The Hall–Kier alpha value is -1.06. The predicted octanol–water partition coefficient (Wildman–Crippen LogP) is 2.18. The first-order valence-corrected chi connectivity index (χ1v) is 5.41. The highest BCUT2D eigenvalue weighted by molar-refractivity contribution is 5.47. The fourth-order valence-electron chi connectivity index (χ4n) is 2.23. The maximum atomic E-state index is 5.61. The number of hydrogen-bond acceptors (Lipinski definition) is 3. The van der Waals surface area contributed by atoms with Gasteiger partial charge in [-0.3, -0.25) is 0 Å². The third kappa shape index (κ3) is 1.60. The minimum Gasteiger partial charge on any atom is -0.496 e. The van der Waals surface area contributed by atoms with Gasteiger partial charge in [0.25, 0.3) is 0 Å². The predicted molar refractivity (Wildman–Crippen MR) is 62.0 cm³/mol. The van der Waals surface area contributed by atoms with E-state index in [9.17, 15) is 0 Å². The van der Waals surface area contributed by atoms with Gasteiger partial charge in [-0.1, -0.05) is 11.6 Å². The number of rotatable bonds is 3. The summed E-state index contributed by atoms with van der Waals surface area (Å²) < 4.78 is 16.4. The molecule has 1 heterocycles. The van der Waals surface area contributed by atoms with Crippen LogP contribution in [0.5, 0.6) is 5.75 Å². The van der Waals surface area contributed by atoms with Gasteiger partial charge in [-0.15, -0.1) is 0 Å². The topological polar surface area (TPSA) is 27.7 Å². The SMILES string of the molecule is COc1c(C)cc(C)cc1C1(OC)COC1. The molecule has 0 saturated carbocycles. The second-order valence-corrected chi connectivity index (χ2v) is 4.35. The Labute approximate surface area is 96.3 Å². The summed E-state index contributed by atoms with van der Waals surface area (Å²) in [4.78, 5) is 0. The summed E-state index contributed by atoms with van der Waals surface area (Å²) in [7, 11) is 3.42. The largest absolute Gasteiger partial charge is 0.496 e. The highest BCUT2D eigenvalue weighted by Crippen LogP contribution is 2.40. The molecule has 1 aromatic rings. The van der Waals surface area contributed by atoms with Crippen LogP contribution in [0.4, 0.5) is 0 Å². The molecule has 88 valence electrons. The van der Waals surface area contributed by atoms with Gasteiger partial charge in [-0.25, -0.2) is 0 Å². The zero-order valence-electron chi connectivity index (χ0n) is 10.3. The van der Waals surface area contributed by atoms with Crippen molar-refractivity contribution in [2.45, 2.75) is 19.4 Å². The van der Waals surface area contributed by atoms with Crippen molar-refractivity contribution in [2.24, 2.45) is 0 Å². The molecule has 0 amide bonds. The van der Waals surface area contributed by atoms with Crippen LogP contribution in [0, 0.1) is 13.8 Å². The first kappa shape index (κ1) is 11.4. The van der Waals surface area contributed by atoms with E-state index in [4.69, 9.17) is 14.2 Å². The zero-order chi connectivity index (χ0) is 11.8. The van der Waals surface area contributed by atoms with Gasteiger partial charge < -0.3 is 14.2 Å². The summed E-state index contributed by atoms with van der Waals surface area (Å²) in [5.41, 5.74) is 3.14. The summed E-state index contributed by atoms with van der Waals surface area (Å²) in [6.45, 7) is 5.34. The smallest absolute Gasteiger partial charge is 0.143 e. The van der Waals surface area contributed by atoms with Crippen LogP contribution in [0.3, 0.4) is 0 Å².